The van der Waals surface area contributed by atoms with Gasteiger partial charge in [-0.25, -0.2) is 4.39 Å². The Morgan fingerprint density at radius 1 is 1.07 bits per heavy atom. The van der Waals surface area contributed by atoms with E-state index in [4.69, 9.17) is 4.74 Å². The lowest BCUT2D eigenvalue weighted by molar-refractivity contribution is -0.398. The molecular formula is C26H31FN4O11. The van der Waals surface area contributed by atoms with Crippen molar-refractivity contribution in [2.24, 2.45) is 0 Å². The minimum Gasteiger partial charge on any atom is -0.379 e. The van der Waals surface area contributed by atoms with E-state index in [-0.39, 0.29) is 21.7 Å². The van der Waals surface area contributed by atoms with Crippen molar-refractivity contribution < 1.29 is 59.3 Å². The summed E-state index contributed by atoms with van der Waals surface area (Å²) >= 11 is 0. The summed E-state index contributed by atoms with van der Waals surface area (Å²) in [5.41, 5.74) is -4.49. The van der Waals surface area contributed by atoms with Crippen LogP contribution in [-0.2, 0) is 33.3 Å². The van der Waals surface area contributed by atoms with E-state index >= 15 is 0 Å². The Balaban J connectivity index is 1.68. The molecule has 1 fully saturated rings. The highest BCUT2D eigenvalue weighted by molar-refractivity contribution is 6.03. The van der Waals surface area contributed by atoms with Crippen molar-refractivity contribution in [3.05, 3.63) is 64.5 Å². The van der Waals surface area contributed by atoms with Crippen LogP contribution in [0.4, 0.5) is 10.1 Å². The Hall–Kier alpha value is -3.58. The van der Waals surface area contributed by atoms with Crippen LogP contribution >= 0.6 is 0 Å². The Morgan fingerprint density at radius 2 is 1.74 bits per heavy atom. The summed E-state index contributed by atoms with van der Waals surface area (Å²) in [5, 5.41) is 77.9. The lowest BCUT2D eigenvalue weighted by atomic mass is 9.91. The van der Waals surface area contributed by atoms with Crippen LogP contribution in [0, 0.1) is 5.82 Å². The number of amides is 2. The summed E-state index contributed by atoms with van der Waals surface area (Å²) in [6.45, 7) is 1.81. The van der Waals surface area contributed by atoms with Crippen molar-refractivity contribution in [1.82, 2.24) is 15.1 Å². The first-order valence-corrected chi connectivity index (χ1v) is 12.7. The van der Waals surface area contributed by atoms with Crippen molar-refractivity contribution in [3.63, 3.8) is 0 Å². The second-order valence-electron chi connectivity index (χ2n) is 9.99. The molecule has 42 heavy (non-hydrogen) atoms. The van der Waals surface area contributed by atoms with Gasteiger partial charge in [-0.1, -0.05) is 12.1 Å². The molecule has 2 aromatic rings. The molecular weight excluding hydrogens is 563 g/mol. The fourth-order valence-electron chi connectivity index (χ4n) is 4.90. The molecule has 16 heteroatoms. The van der Waals surface area contributed by atoms with Gasteiger partial charge in [0.15, 0.2) is 6.29 Å². The van der Waals surface area contributed by atoms with E-state index < -0.39 is 59.2 Å². The minimum absolute atomic E-state index is 0.134. The van der Waals surface area contributed by atoms with Crippen molar-refractivity contribution in [2.75, 3.05) is 38.7 Å². The van der Waals surface area contributed by atoms with Gasteiger partial charge in [0.25, 0.3) is 35.0 Å². The van der Waals surface area contributed by atoms with E-state index in [1.54, 1.807) is 0 Å². The largest absolute Gasteiger partial charge is 0.379 e. The van der Waals surface area contributed by atoms with E-state index in [1.165, 1.54) is 30.3 Å². The first kappa shape index (κ1) is 31.4. The summed E-state index contributed by atoms with van der Waals surface area (Å²) in [6, 6.07) is 7.50. The molecule has 1 saturated heterocycles. The number of aldehydes is 1. The second kappa shape index (κ2) is 11.3. The molecule has 0 radical (unpaired) electrons. The molecule has 1 atom stereocenters. The van der Waals surface area contributed by atoms with Crippen LogP contribution in [0.3, 0.4) is 0 Å². The first-order valence-electron chi connectivity index (χ1n) is 12.7. The molecule has 0 bridgehead atoms. The number of carbonyl (C=O) groups excluding carboxylic acids is 3. The summed E-state index contributed by atoms with van der Waals surface area (Å²) in [7, 11) is 0.926. The number of aliphatic hydroxyl groups is 7. The molecule has 228 valence electrons. The Bertz CT molecular complexity index is 1380. The zero-order valence-corrected chi connectivity index (χ0v) is 22.3. The zero-order chi connectivity index (χ0) is 31.1. The maximum Gasteiger partial charge on any atom is 0.285 e. The molecule has 2 amide bonds. The van der Waals surface area contributed by atoms with Crippen molar-refractivity contribution in [3.8, 4) is 0 Å². The summed E-state index contributed by atoms with van der Waals surface area (Å²) in [6.07, 6.45) is -0.769. The lowest BCUT2D eigenvalue weighted by Crippen LogP contribution is -2.78. The fourth-order valence-corrected chi connectivity index (χ4v) is 4.90. The van der Waals surface area contributed by atoms with Gasteiger partial charge in [-0.3, -0.25) is 24.2 Å². The predicted octanol–water partition coefficient (Wildman–Crippen LogP) is -3.18. The number of hydrogen-bond acceptors (Lipinski definition) is 13. The lowest BCUT2D eigenvalue weighted by Gasteiger charge is -2.46. The number of hydrogen-bond donors (Lipinski definition) is 9. The van der Waals surface area contributed by atoms with Gasteiger partial charge in [0.2, 0.25) is 0 Å². The maximum absolute atomic E-state index is 14.8. The van der Waals surface area contributed by atoms with Crippen LogP contribution in [0.1, 0.15) is 27.0 Å². The molecule has 9 N–H and O–H groups in total. The Labute approximate surface area is 238 Å². The maximum atomic E-state index is 14.8. The number of morpholine rings is 1. The highest BCUT2D eigenvalue weighted by Crippen LogP contribution is 2.40. The van der Waals surface area contributed by atoms with E-state index in [9.17, 15) is 54.5 Å². The van der Waals surface area contributed by atoms with E-state index in [2.05, 4.69) is 5.32 Å². The number of carbonyl (C=O) groups is 3. The molecule has 2 aromatic carbocycles. The molecule has 2 aliphatic heterocycles. The van der Waals surface area contributed by atoms with Crippen molar-refractivity contribution in [2.45, 2.75) is 36.3 Å². The number of benzene rings is 2. The minimum atomic E-state index is -4.37. The van der Waals surface area contributed by atoms with Crippen LogP contribution in [0.25, 0.3) is 0 Å². The molecule has 1 unspecified atom stereocenters. The van der Waals surface area contributed by atoms with Crippen LogP contribution in [0.5, 0.6) is 0 Å². The Kier molecular flexibility index (Phi) is 8.40. The zero-order valence-electron chi connectivity index (χ0n) is 22.3. The topological polar surface area (TPSA) is 233 Å². The normalized spacial score (nSPS) is 17.9. The van der Waals surface area contributed by atoms with E-state index in [0.29, 0.717) is 38.4 Å². The third kappa shape index (κ3) is 5.24. The van der Waals surface area contributed by atoms with Gasteiger partial charge < -0.3 is 51.1 Å². The molecule has 0 spiro atoms. The van der Waals surface area contributed by atoms with Crippen LogP contribution in [0.2, 0.25) is 0 Å². The van der Waals surface area contributed by atoms with Crippen LogP contribution in [-0.4, -0.2) is 114 Å². The number of likely N-dealkylation sites (N-methyl/N-ethyl adjacent to an activating group) is 1. The Morgan fingerprint density at radius 3 is 2.36 bits per heavy atom. The fraction of sp³-hybridized carbons (Fsp3) is 0.423. The number of anilines is 1. The third-order valence-corrected chi connectivity index (χ3v) is 7.29. The van der Waals surface area contributed by atoms with Gasteiger partial charge in [-0.2, -0.15) is 0 Å². The van der Waals surface area contributed by atoms with E-state index in [0.717, 1.165) is 13.1 Å². The number of halogens is 1. The average Bonchev–Trinajstić information content (AvgIpc) is 3.30. The van der Waals surface area contributed by atoms with Gasteiger partial charge in [-0.15, -0.1) is 0 Å². The van der Waals surface area contributed by atoms with Gasteiger partial charge in [0.1, 0.15) is 5.82 Å². The monoisotopic (exact) mass is 594 g/mol. The third-order valence-electron chi connectivity index (χ3n) is 7.29. The summed E-state index contributed by atoms with van der Waals surface area (Å²) in [4.78, 5) is 39.3. The average molecular weight is 595 g/mol. The first-order chi connectivity index (χ1) is 19.6. The standard InChI is InChI=1S/C26H31FN4O11/c1-28-22(34)24(37,26(40,41)23(35,36)14-32)31-13-17-16(21(31)33)3-2-4-20(17)29-25(38,39)18-11-15(5-6-19(18)27)12-30-7-9-42-10-8-30/h2-6,11,14,29,35-41H,7-10,12-13H2,1H3,(H,28,34). The van der Waals surface area contributed by atoms with Gasteiger partial charge in [-0.05, 0) is 29.8 Å². The van der Waals surface area contributed by atoms with Crippen LogP contribution < -0.4 is 10.6 Å². The molecule has 0 aliphatic carbocycles. The molecule has 15 nitrogen and oxygen atoms in total. The molecule has 2 aliphatic rings. The summed E-state index contributed by atoms with van der Waals surface area (Å²) < 4.78 is 20.1. The predicted molar refractivity (Wildman–Crippen MR) is 138 cm³/mol. The van der Waals surface area contributed by atoms with Gasteiger partial charge in [0, 0.05) is 43.5 Å². The van der Waals surface area contributed by atoms with E-state index in [1.807, 2.05) is 10.2 Å². The van der Waals surface area contributed by atoms with Crippen LogP contribution in [0.15, 0.2) is 36.4 Å². The number of fused-ring (bicyclic) bond motifs is 1. The molecule has 2 heterocycles. The summed E-state index contributed by atoms with van der Waals surface area (Å²) in [5.74, 6) is -15.5. The van der Waals surface area contributed by atoms with Crippen molar-refractivity contribution in [1.29, 1.82) is 0 Å². The van der Waals surface area contributed by atoms with Crippen molar-refractivity contribution >= 4 is 23.8 Å². The molecule has 4 rings (SSSR count). The molecule has 0 saturated carbocycles. The molecule has 0 aromatic heterocycles. The quantitative estimate of drug-likeness (QED) is 0.0976. The number of ether oxygens (including phenoxy) is 1. The van der Waals surface area contributed by atoms with Gasteiger partial charge >= 0.3 is 0 Å². The highest BCUT2D eigenvalue weighted by Gasteiger charge is 2.70. The SMILES string of the molecule is CNC(=O)C(O)(N1Cc2c(NC(O)(O)c3cc(CN4CCOCC4)ccc3F)cccc2C1=O)C(O)(O)C(O)(O)C=O. The number of nitrogens with zero attached hydrogens (tertiary/aromatic N) is 2. The smallest absolute Gasteiger partial charge is 0.285 e. The number of nitrogens with one attached hydrogen (secondary N) is 2. The second-order valence-corrected chi connectivity index (χ2v) is 9.99. The van der Waals surface area contributed by atoms with Gasteiger partial charge in [0.05, 0.1) is 25.3 Å². The highest BCUT2D eigenvalue weighted by atomic mass is 19.1. The number of rotatable bonds is 10.